The first-order valence-electron chi connectivity index (χ1n) is 15.2. The highest BCUT2D eigenvalue weighted by Gasteiger charge is 2.33. The summed E-state index contributed by atoms with van der Waals surface area (Å²) in [7, 11) is 3.88. The van der Waals surface area contributed by atoms with Crippen LogP contribution < -0.4 is 14.5 Å². The van der Waals surface area contributed by atoms with Gasteiger partial charge in [0.1, 0.15) is 12.4 Å². The van der Waals surface area contributed by atoms with Gasteiger partial charge in [-0.3, -0.25) is 4.79 Å². The van der Waals surface area contributed by atoms with Gasteiger partial charge in [0.05, 0.1) is 17.9 Å². The topological polar surface area (TPSA) is 74.3 Å². The second-order valence-corrected chi connectivity index (χ2v) is 11.7. The minimum atomic E-state index is 0.106. The summed E-state index contributed by atoms with van der Waals surface area (Å²) in [5.74, 6) is 0.964. The maximum absolute atomic E-state index is 11.6. The molecule has 2 saturated heterocycles. The monoisotopic (exact) mass is 570 g/mol. The van der Waals surface area contributed by atoms with Crippen LogP contribution in [0.4, 0.5) is 11.5 Å². The largest absolute Gasteiger partial charge is 0.462 e. The molecule has 2 atom stereocenters. The van der Waals surface area contributed by atoms with Gasteiger partial charge < -0.3 is 29.1 Å². The van der Waals surface area contributed by atoms with Crippen molar-refractivity contribution in [2.45, 2.75) is 44.3 Å². The van der Waals surface area contributed by atoms with Gasteiger partial charge in [-0.05, 0) is 50.7 Å². The summed E-state index contributed by atoms with van der Waals surface area (Å²) in [6.45, 7) is 10.1. The number of carbonyl (C=O) groups is 1. The van der Waals surface area contributed by atoms with Crippen molar-refractivity contribution < 1.29 is 14.3 Å². The van der Waals surface area contributed by atoms with Gasteiger partial charge in [-0.2, -0.15) is 9.97 Å². The third-order valence-corrected chi connectivity index (χ3v) is 9.15. The van der Waals surface area contributed by atoms with Gasteiger partial charge in [-0.25, -0.2) is 0 Å². The summed E-state index contributed by atoms with van der Waals surface area (Å²) in [6, 6.07) is 16.0. The predicted octanol–water partition coefficient (Wildman–Crippen LogP) is 3.91. The maximum Gasteiger partial charge on any atom is 0.318 e. The maximum atomic E-state index is 11.6. The minimum Gasteiger partial charge on any atom is -0.462 e. The first-order valence-corrected chi connectivity index (χ1v) is 15.2. The number of fused-ring (bicyclic) bond motifs is 2. The Hall–Kier alpha value is -3.69. The predicted molar refractivity (Wildman–Crippen MR) is 166 cm³/mol. The molecular formula is C33H42N6O3. The van der Waals surface area contributed by atoms with Crippen molar-refractivity contribution in [3.8, 4) is 6.01 Å². The van der Waals surface area contributed by atoms with Gasteiger partial charge in [0, 0.05) is 68.6 Å². The fraction of sp³-hybridized carbons (Fsp3) is 0.485. The number of methoxy groups -OCH3 is 1. The first-order chi connectivity index (χ1) is 20.6. The average molecular weight is 571 g/mol. The Labute approximate surface area is 248 Å². The van der Waals surface area contributed by atoms with E-state index in [4.69, 9.17) is 19.4 Å². The number of hydrogen-bond acceptors (Lipinski definition) is 9. The highest BCUT2D eigenvalue weighted by atomic mass is 16.5. The van der Waals surface area contributed by atoms with Crippen LogP contribution in [0, 0.1) is 0 Å². The molecule has 0 radical (unpaired) electrons. The van der Waals surface area contributed by atoms with E-state index in [1.807, 2.05) is 0 Å². The van der Waals surface area contributed by atoms with Crippen LogP contribution in [-0.2, 0) is 22.5 Å². The summed E-state index contributed by atoms with van der Waals surface area (Å²) in [5, 5.41) is 2.50. The number of allylic oxidation sites excluding steroid dienone is 1. The van der Waals surface area contributed by atoms with Crippen LogP contribution in [0.5, 0.6) is 6.01 Å². The van der Waals surface area contributed by atoms with E-state index in [-0.39, 0.29) is 6.04 Å². The molecule has 9 heteroatoms. The van der Waals surface area contributed by atoms with Gasteiger partial charge in [0.25, 0.3) is 0 Å². The van der Waals surface area contributed by atoms with Gasteiger partial charge >= 0.3 is 6.01 Å². The molecule has 42 heavy (non-hydrogen) atoms. The molecule has 2 fully saturated rings. The van der Waals surface area contributed by atoms with Crippen molar-refractivity contribution in [1.82, 2.24) is 19.8 Å². The molecule has 0 spiro atoms. The fourth-order valence-corrected chi connectivity index (χ4v) is 6.76. The molecule has 0 unspecified atom stereocenters. The number of aldehydes is 1. The lowest BCUT2D eigenvalue weighted by atomic mass is 10.0. The standard InChI is InChI=1S/C33H42N6O3/c1-24(22-40)39-18-17-38(20-26(39)14-19-41-3)32-29-13-16-37(31-12-6-9-25-8-4-5-11-28(25)31)21-30(29)34-33(35-32)42-23-27-10-7-15-36(27)2/h4-6,8-9,11-12,22,26-27H,1,7,10,13-21,23H2,2-3H3/t26-,27-/m0/s1. The Balaban J connectivity index is 1.32. The van der Waals surface area contributed by atoms with Crippen LogP contribution >= 0.6 is 0 Å². The molecule has 0 amide bonds. The third-order valence-electron chi connectivity index (χ3n) is 9.15. The minimum absolute atomic E-state index is 0.106. The third kappa shape index (κ3) is 5.80. The van der Waals surface area contributed by atoms with Gasteiger partial charge in [0.15, 0.2) is 6.29 Å². The van der Waals surface area contributed by atoms with Gasteiger partial charge in [0.2, 0.25) is 0 Å². The molecule has 3 aliphatic heterocycles. The molecule has 4 heterocycles. The number of hydrogen-bond donors (Lipinski definition) is 0. The Morgan fingerprint density at radius 3 is 2.71 bits per heavy atom. The van der Waals surface area contributed by atoms with E-state index >= 15 is 0 Å². The highest BCUT2D eigenvalue weighted by molar-refractivity contribution is 5.94. The number of likely N-dealkylation sites (tertiary alicyclic amines) is 1. The molecule has 3 aromatic rings. The molecule has 6 rings (SSSR count). The molecule has 222 valence electrons. The molecule has 1 aromatic heterocycles. The van der Waals surface area contributed by atoms with Gasteiger partial charge in [-0.1, -0.05) is 43.0 Å². The van der Waals surface area contributed by atoms with Crippen LogP contribution in [-0.4, -0.2) is 98.2 Å². The first kappa shape index (κ1) is 28.4. The Bertz CT molecular complexity index is 1420. The number of piperazine rings is 1. The molecule has 0 saturated carbocycles. The summed E-state index contributed by atoms with van der Waals surface area (Å²) in [5.41, 5.74) is 3.98. The van der Waals surface area contributed by atoms with Crippen molar-refractivity contribution in [2.24, 2.45) is 0 Å². The van der Waals surface area contributed by atoms with Crippen molar-refractivity contribution in [3.05, 3.63) is 66.0 Å². The fourth-order valence-electron chi connectivity index (χ4n) is 6.76. The molecule has 0 aliphatic carbocycles. The van der Waals surface area contributed by atoms with Gasteiger partial charge in [-0.15, -0.1) is 0 Å². The summed E-state index contributed by atoms with van der Waals surface area (Å²) < 4.78 is 11.7. The lowest BCUT2D eigenvalue weighted by molar-refractivity contribution is -0.106. The van der Waals surface area contributed by atoms with E-state index in [9.17, 15) is 4.79 Å². The SMILES string of the molecule is C=C(C=O)N1CCN(c2nc(OC[C@@H]3CCCN3C)nc3c2CCN(c2cccc4ccccc24)C3)C[C@@H]1CCOC. The Morgan fingerprint density at radius 1 is 1.05 bits per heavy atom. The van der Waals surface area contributed by atoms with E-state index in [1.165, 1.54) is 28.4 Å². The Kier molecular flexibility index (Phi) is 8.58. The molecule has 0 N–H and O–H groups in total. The smallest absolute Gasteiger partial charge is 0.318 e. The second kappa shape index (κ2) is 12.7. The van der Waals surface area contributed by atoms with Crippen molar-refractivity contribution in [3.63, 3.8) is 0 Å². The Morgan fingerprint density at radius 2 is 1.90 bits per heavy atom. The zero-order valence-corrected chi connectivity index (χ0v) is 24.9. The quantitative estimate of drug-likeness (QED) is 0.267. The van der Waals surface area contributed by atoms with E-state index in [1.54, 1.807) is 7.11 Å². The van der Waals surface area contributed by atoms with E-state index in [0.717, 1.165) is 63.2 Å². The zero-order valence-electron chi connectivity index (χ0n) is 24.9. The molecule has 9 nitrogen and oxygen atoms in total. The van der Waals surface area contributed by atoms with Crippen LogP contribution in [0.15, 0.2) is 54.7 Å². The van der Waals surface area contributed by atoms with Crippen LogP contribution in [0.2, 0.25) is 0 Å². The van der Waals surface area contributed by atoms with Crippen molar-refractivity contribution in [2.75, 3.05) is 69.9 Å². The summed E-state index contributed by atoms with van der Waals surface area (Å²) in [4.78, 5) is 31.0. The number of aromatic nitrogens is 2. The van der Waals surface area contributed by atoms with E-state index in [0.29, 0.717) is 44.1 Å². The lowest BCUT2D eigenvalue weighted by Crippen LogP contribution is -2.53. The number of nitrogens with zero attached hydrogens (tertiary/aromatic N) is 6. The van der Waals surface area contributed by atoms with Crippen molar-refractivity contribution in [1.29, 1.82) is 0 Å². The number of benzene rings is 2. The zero-order chi connectivity index (χ0) is 29.1. The number of ether oxygens (including phenoxy) is 2. The van der Waals surface area contributed by atoms with E-state index < -0.39 is 0 Å². The average Bonchev–Trinajstić information content (AvgIpc) is 3.45. The second-order valence-electron chi connectivity index (χ2n) is 11.7. The number of rotatable bonds is 10. The molecule has 3 aliphatic rings. The van der Waals surface area contributed by atoms with Crippen molar-refractivity contribution >= 4 is 28.6 Å². The number of carbonyl (C=O) groups excluding carboxylic acids is 1. The normalized spacial score (nSPS) is 21.0. The number of likely N-dealkylation sites (N-methyl/N-ethyl adjacent to an activating group) is 1. The number of anilines is 2. The summed E-state index contributed by atoms with van der Waals surface area (Å²) in [6.07, 6.45) is 4.84. The molecule has 2 aromatic carbocycles. The highest BCUT2D eigenvalue weighted by Crippen LogP contribution is 2.35. The summed E-state index contributed by atoms with van der Waals surface area (Å²) >= 11 is 0. The van der Waals surface area contributed by atoms with Crippen LogP contribution in [0.1, 0.15) is 30.5 Å². The lowest BCUT2D eigenvalue weighted by Gasteiger charge is -2.44. The van der Waals surface area contributed by atoms with E-state index in [2.05, 4.69) is 75.7 Å². The van der Waals surface area contributed by atoms with Crippen LogP contribution in [0.25, 0.3) is 10.8 Å². The molecular weight excluding hydrogens is 528 g/mol. The van der Waals surface area contributed by atoms with Crippen LogP contribution in [0.3, 0.4) is 0 Å². The molecule has 0 bridgehead atoms.